The van der Waals surface area contributed by atoms with Gasteiger partial charge in [-0.25, -0.2) is 4.79 Å². The molecule has 0 saturated heterocycles. The lowest BCUT2D eigenvalue weighted by molar-refractivity contribution is -0.385. The van der Waals surface area contributed by atoms with Gasteiger partial charge in [0.1, 0.15) is 0 Å². The summed E-state index contributed by atoms with van der Waals surface area (Å²) < 4.78 is 9.87. The van der Waals surface area contributed by atoms with Crippen LogP contribution in [0.5, 0.6) is 5.75 Å². The molecule has 142 valence electrons. The molecule has 1 saturated carbocycles. The Kier molecular flexibility index (Phi) is 6.54. The van der Waals surface area contributed by atoms with Crippen LogP contribution in [0.2, 0.25) is 0 Å². The van der Waals surface area contributed by atoms with Gasteiger partial charge in [-0.05, 0) is 30.4 Å². The van der Waals surface area contributed by atoms with Gasteiger partial charge in [-0.2, -0.15) is 0 Å². The smallest absolute Gasteiger partial charge is 0.338 e. The third-order valence-electron chi connectivity index (χ3n) is 4.99. The second kappa shape index (κ2) is 8.64. The van der Waals surface area contributed by atoms with Gasteiger partial charge in [-0.15, -0.1) is 0 Å². The zero-order valence-electron chi connectivity index (χ0n) is 15.2. The summed E-state index contributed by atoms with van der Waals surface area (Å²) in [6.45, 7) is 3.97. The molecule has 1 aromatic rings. The van der Waals surface area contributed by atoms with Crippen LogP contribution in [0.1, 0.15) is 43.5 Å². The molecule has 26 heavy (non-hydrogen) atoms. The van der Waals surface area contributed by atoms with Gasteiger partial charge in [0.2, 0.25) is 0 Å². The van der Waals surface area contributed by atoms with E-state index in [1.807, 2.05) is 0 Å². The van der Waals surface area contributed by atoms with E-state index in [1.165, 1.54) is 19.2 Å². The lowest BCUT2D eigenvalue weighted by Crippen LogP contribution is -2.45. The molecule has 1 aromatic carbocycles. The zero-order chi connectivity index (χ0) is 19.3. The van der Waals surface area contributed by atoms with Crippen molar-refractivity contribution in [3.05, 3.63) is 33.9 Å². The second-order valence-electron chi connectivity index (χ2n) is 6.66. The highest BCUT2D eigenvalue weighted by Gasteiger charge is 2.28. The Bertz CT molecular complexity index is 690. The van der Waals surface area contributed by atoms with Gasteiger partial charge in [0.15, 0.2) is 12.4 Å². The second-order valence-corrected chi connectivity index (χ2v) is 6.66. The SMILES string of the molecule is COC(=O)c1ccc(OCC(=O)N[C@H]2CCC[C@H](C)[C@H]2C)c([N+](=O)[O-])c1. The predicted molar refractivity (Wildman–Crippen MR) is 94.0 cm³/mol. The van der Waals surface area contributed by atoms with Crippen LogP contribution in [0.25, 0.3) is 0 Å². The van der Waals surface area contributed by atoms with E-state index >= 15 is 0 Å². The minimum Gasteiger partial charge on any atom is -0.477 e. The van der Waals surface area contributed by atoms with Gasteiger partial charge in [0.25, 0.3) is 5.91 Å². The average Bonchev–Trinajstić information content (AvgIpc) is 2.63. The fourth-order valence-electron chi connectivity index (χ4n) is 3.20. The van der Waals surface area contributed by atoms with Gasteiger partial charge in [0.05, 0.1) is 17.6 Å². The number of nitrogens with zero attached hydrogens (tertiary/aromatic N) is 1. The van der Waals surface area contributed by atoms with Gasteiger partial charge in [-0.3, -0.25) is 14.9 Å². The number of ether oxygens (including phenoxy) is 2. The lowest BCUT2D eigenvalue weighted by atomic mass is 9.78. The van der Waals surface area contributed by atoms with Gasteiger partial charge in [0, 0.05) is 12.1 Å². The summed E-state index contributed by atoms with van der Waals surface area (Å²) in [7, 11) is 1.19. The fourth-order valence-corrected chi connectivity index (χ4v) is 3.20. The number of esters is 1. The molecule has 1 amide bonds. The van der Waals surface area contributed by atoms with Gasteiger partial charge < -0.3 is 14.8 Å². The van der Waals surface area contributed by atoms with Crippen molar-refractivity contribution in [2.24, 2.45) is 11.8 Å². The molecular weight excluding hydrogens is 340 g/mol. The highest BCUT2D eigenvalue weighted by atomic mass is 16.6. The normalized spacial score (nSPS) is 22.3. The van der Waals surface area contributed by atoms with E-state index in [-0.39, 0.29) is 35.6 Å². The van der Waals surface area contributed by atoms with Crippen molar-refractivity contribution in [2.75, 3.05) is 13.7 Å². The van der Waals surface area contributed by atoms with Crippen LogP contribution in [0.3, 0.4) is 0 Å². The molecule has 0 radical (unpaired) electrons. The molecule has 0 aliphatic heterocycles. The molecule has 0 heterocycles. The summed E-state index contributed by atoms with van der Waals surface area (Å²) >= 11 is 0. The molecule has 0 unspecified atom stereocenters. The van der Waals surface area contributed by atoms with Crippen molar-refractivity contribution in [3.8, 4) is 5.75 Å². The van der Waals surface area contributed by atoms with Crippen LogP contribution >= 0.6 is 0 Å². The number of amides is 1. The molecule has 1 fully saturated rings. The Morgan fingerprint density at radius 3 is 2.69 bits per heavy atom. The van der Waals surface area contributed by atoms with Crippen LogP contribution in [-0.4, -0.2) is 36.6 Å². The Balaban J connectivity index is 2.00. The Hall–Kier alpha value is -2.64. The summed E-state index contributed by atoms with van der Waals surface area (Å²) in [4.78, 5) is 34.2. The molecule has 0 aromatic heterocycles. The number of hydrogen-bond acceptors (Lipinski definition) is 6. The summed E-state index contributed by atoms with van der Waals surface area (Å²) in [6, 6.07) is 3.82. The molecule has 0 bridgehead atoms. The van der Waals surface area contributed by atoms with Crippen LogP contribution in [-0.2, 0) is 9.53 Å². The van der Waals surface area contributed by atoms with Gasteiger partial charge in [-0.1, -0.05) is 26.7 Å². The van der Waals surface area contributed by atoms with E-state index in [2.05, 4.69) is 23.9 Å². The fraction of sp³-hybridized carbons (Fsp3) is 0.556. The number of carbonyl (C=O) groups excluding carboxylic acids is 2. The monoisotopic (exact) mass is 364 g/mol. The van der Waals surface area contributed by atoms with Crippen molar-refractivity contribution >= 4 is 17.6 Å². The van der Waals surface area contributed by atoms with E-state index in [1.54, 1.807) is 0 Å². The first-order valence-electron chi connectivity index (χ1n) is 8.62. The molecule has 3 atom stereocenters. The first kappa shape index (κ1) is 19.7. The van der Waals surface area contributed by atoms with E-state index in [0.29, 0.717) is 11.8 Å². The number of nitrogens with one attached hydrogen (secondary N) is 1. The summed E-state index contributed by atoms with van der Waals surface area (Å²) in [5.41, 5.74) is -0.346. The van der Waals surface area contributed by atoms with Crippen molar-refractivity contribution in [1.82, 2.24) is 5.32 Å². The number of carbonyl (C=O) groups is 2. The third-order valence-corrected chi connectivity index (χ3v) is 4.99. The average molecular weight is 364 g/mol. The minimum absolute atomic E-state index is 0.0426. The van der Waals surface area contributed by atoms with E-state index < -0.39 is 10.9 Å². The maximum atomic E-state index is 12.2. The van der Waals surface area contributed by atoms with Crippen molar-refractivity contribution in [3.63, 3.8) is 0 Å². The van der Waals surface area contributed by atoms with Crippen molar-refractivity contribution in [2.45, 2.75) is 39.2 Å². The highest BCUT2D eigenvalue weighted by molar-refractivity contribution is 5.90. The number of nitro groups is 1. The van der Waals surface area contributed by atoms with Crippen LogP contribution < -0.4 is 10.1 Å². The molecule has 1 aliphatic carbocycles. The van der Waals surface area contributed by atoms with Crippen LogP contribution in [0, 0.1) is 22.0 Å². The molecule has 2 rings (SSSR count). The largest absolute Gasteiger partial charge is 0.477 e. The maximum Gasteiger partial charge on any atom is 0.338 e. The summed E-state index contributed by atoms with van der Waals surface area (Å²) in [6.07, 6.45) is 3.14. The van der Waals surface area contributed by atoms with Crippen molar-refractivity contribution < 1.29 is 24.0 Å². The lowest BCUT2D eigenvalue weighted by Gasteiger charge is -2.34. The van der Waals surface area contributed by atoms with Crippen LogP contribution in [0.15, 0.2) is 18.2 Å². The topological polar surface area (TPSA) is 108 Å². The Morgan fingerprint density at radius 2 is 2.04 bits per heavy atom. The Labute approximate surface area is 152 Å². The molecule has 0 spiro atoms. The minimum atomic E-state index is -0.683. The number of hydrogen-bond donors (Lipinski definition) is 1. The summed E-state index contributed by atoms with van der Waals surface area (Å²) in [5.74, 6) is -0.147. The third kappa shape index (κ3) is 4.71. The zero-order valence-corrected chi connectivity index (χ0v) is 15.2. The molecule has 8 heteroatoms. The number of rotatable bonds is 6. The first-order chi connectivity index (χ1) is 12.3. The number of nitro benzene ring substituents is 1. The van der Waals surface area contributed by atoms with Crippen molar-refractivity contribution in [1.29, 1.82) is 0 Å². The molecule has 1 N–H and O–H groups in total. The standard InChI is InChI=1S/C18H24N2O6/c1-11-5-4-6-14(12(11)2)19-17(21)10-26-16-8-7-13(18(22)25-3)9-15(16)20(23)24/h7-9,11-12,14H,4-6,10H2,1-3H3,(H,19,21)/t11-,12+,14-/m0/s1. The summed E-state index contributed by atoms with van der Waals surface area (Å²) in [5, 5.41) is 14.1. The maximum absolute atomic E-state index is 12.2. The molecular formula is C18H24N2O6. The van der Waals surface area contributed by atoms with Crippen LogP contribution in [0.4, 0.5) is 5.69 Å². The predicted octanol–water partition coefficient (Wildman–Crippen LogP) is 2.70. The molecule has 1 aliphatic rings. The van der Waals surface area contributed by atoms with Gasteiger partial charge >= 0.3 is 11.7 Å². The Morgan fingerprint density at radius 1 is 1.31 bits per heavy atom. The van der Waals surface area contributed by atoms with E-state index in [0.717, 1.165) is 25.3 Å². The van der Waals surface area contributed by atoms with E-state index in [9.17, 15) is 19.7 Å². The van der Waals surface area contributed by atoms with E-state index in [4.69, 9.17) is 4.74 Å². The molecule has 8 nitrogen and oxygen atoms in total. The highest BCUT2D eigenvalue weighted by Crippen LogP contribution is 2.30. The first-order valence-corrected chi connectivity index (χ1v) is 8.62. The quantitative estimate of drug-likeness (QED) is 0.472. The number of benzene rings is 1. The number of methoxy groups -OCH3 is 1.